The highest BCUT2D eigenvalue weighted by Gasteiger charge is 2.24. The molecule has 0 saturated heterocycles. The molecule has 0 aliphatic rings. The van der Waals surface area contributed by atoms with Crippen LogP contribution in [0.25, 0.3) is 0 Å². The molecule has 6 nitrogen and oxygen atoms in total. The predicted molar refractivity (Wildman–Crippen MR) is 93.0 cm³/mol. The Bertz CT molecular complexity index is 911. The second-order valence-electron chi connectivity index (χ2n) is 5.57. The summed E-state index contributed by atoms with van der Waals surface area (Å²) in [4.78, 5) is 12.3. The van der Waals surface area contributed by atoms with Gasteiger partial charge in [0, 0.05) is 25.3 Å². The maximum atomic E-state index is 13.6. The van der Waals surface area contributed by atoms with Gasteiger partial charge in [-0.05, 0) is 42.8 Å². The molecule has 0 aliphatic carbocycles. The van der Waals surface area contributed by atoms with Crippen LogP contribution >= 0.6 is 0 Å². The number of amides is 1. The first-order chi connectivity index (χ1) is 11.7. The van der Waals surface area contributed by atoms with E-state index in [9.17, 15) is 17.6 Å². The van der Waals surface area contributed by atoms with Crippen molar-refractivity contribution in [3.63, 3.8) is 0 Å². The molecular weight excluding hydrogens is 347 g/mol. The van der Waals surface area contributed by atoms with Crippen molar-refractivity contribution in [1.82, 2.24) is 4.31 Å². The maximum Gasteiger partial charge on any atom is 0.255 e. The van der Waals surface area contributed by atoms with Crippen molar-refractivity contribution in [3.8, 4) is 5.75 Å². The Kier molecular flexibility index (Phi) is 5.44. The van der Waals surface area contributed by atoms with E-state index >= 15 is 0 Å². The summed E-state index contributed by atoms with van der Waals surface area (Å²) in [5.41, 5.74) is 0.852. The lowest BCUT2D eigenvalue weighted by molar-refractivity contribution is 0.102. The molecule has 0 aromatic heterocycles. The summed E-state index contributed by atoms with van der Waals surface area (Å²) in [6.07, 6.45) is 0. The molecule has 0 unspecified atom stereocenters. The van der Waals surface area contributed by atoms with Crippen molar-refractivity contribution in [3.05, 3.63) is 53.3 Å². The van der Waals surface area contributed by atoms with Crippen LogP contribution in [0, 0.1) is 12.7 Å². The molecule has 0 spiro atoms. The molecule has 0 bridgehead atoms. The van der Waals surface area contributed by atoms with Gasteiger partial charge >= 0.3 is 0 Å². The second-order valence-corrected chi connectivity index (χ2v) is 7.69. The highest BCUT2D eigenvalue weighted by atomic mass is 32.2. The van der Waals surface area contributed by atoms with Gasteiger partial charge in [-0.1, -0.05) is 6.07 Å². The van der Waals surface area contributed by atoms with Gasteiger partial charge in [0.1, 0.15) is 16.5 Å². The van der Waals surface area contributed by atoms with E-state index in [2.05, 4.69) is 5.32 Å². The first kappa shape index (κ1) is 18.9. The number of rotatable bonds is 5. The van der Waals surface area contributed by atoms with Crippen LogP contribution in [0.1, 0.15) is 15.9 Å². The number of hydrogen-bond acceptors (Lipinski definition) is 4. The van der Waals surface area contributed by atoms with Crippen molar-refractivity contribution < 1.29 is 22.3 Å². The van der Waals surface area contributed by atoms with Crippen LogP contribution in [0.5, 0.6) is 5.75 Å². The number of aryl methyl sites for hydroxylation is 1. The number of benzene rings is 2. The first-order valence-electron chi connectivity index (χ1n) is 7.35. The normalized spacial score (nSPS) is 11.4. The summed E-state index contributed by atoms with van der Waals surface area (Å²) < 4.78 is 44.5. The monoisotopic (exact) mass is 366 g/mol. The number of sulfonamides is 1. The molecule has 0 atom stereocenters. The predicted octanol–water partition coefficient (Wildman–Crippen LogP) is 2.65. The number of carbonyl (C=O) groups excluding carboxylic acids is 1. The van der Waals surface area contributed by atoms with Crippen molar-refractivity contribution in [1.29, 1.82) is 0 Å². The summed E-state index contributed by atoms with van der Waals surface area (Å²) >= 11 is 0. The average molecular weight is 366 g/mol. The Balaban J connectivity index is 2.39. The van der Waals surface area contributed by atoms with Gasteiger partial charge in [-0.3, -0.25) is 4.79 Å². The Morgan fingerprint density at radius 3 is 2.40 bits per heavy atom. The molecular formula is C17H19FN2O4S. The number of nitrogens with one attached hydrogen (secondary N) is 1. The van der Waals surface area contributed by atoms with Gasteiger partial charge in [-0.25, -0.2) is 17.1 Å². The molecule has 0 fully saturated rings. The highest BCUT2D eigenvalue weighted by Crippen LogP contribution is 2.27. The first-order valence-corrected chi connectivity index (χ1v) is 8.79. The lowest BCUT2D eigenvalue weighted by Crippen LogP contribution is -2.23. The topological polar surface area (TPSA) is 75.7 Å². The van der Waals surface area contributed by atoms with Gasteiger partial charge in [0.2, 0.25) is 10.0 Å². The van der Waals surface area contributed by atoms with Crippen molar-refractivity contribution in [2.24, 2.45) is 0 Å². The standard InChI is InChI=1S/C17H19FN2O4S/c1-11-5-7-13(10-14(11)18)19-17(21)12-6-8-15(24-4)16(9-12)25(22,23)20(2)3/h5-10H,1-4H3,(H,19,21). The summed E-state index contributed by atoms with van der Waals surface area (Å²) in [7, 11) is 0.325. The van der Waals surface area contributed by atoms with E-state index in [4.69, 9.17) is 4.74 Å². The van der Waals surface area contributed by atoms with E-state index in [0.29, 0.717) is 5.56 Å². The van der Waals surface area contributed by atoms with E-state index in [1.165, 1.54) is 45.5 Å². The molecule has 134 valence electrons. The minimum atomic E-state index is -3.79. The number of ether oxygens (including phenoxy) is 1. The third kappa shape index (κ3) is 3.97. The highest BCUT2D eigenvalue weighted by molar-refractivity contribution is 7.89. The summed E-state index contributed by atoms with van der Waals surface area (Å²) in [5.74, 6) is -0.865. The summed E-state index contributed by atoms with van der Waals surface area (Å²) in [6, 6.07) is 8.38. The number of carbonyl (C=O) groups is 1. The molecule has 8 heteroatoms. The van der Waals surface area contributed by atoms with E-state index in [-0.39, 0.29) is 21.9 Å². The lowest BCUT2D eigenvalue weighted by atomic mass is 10.2. The van der Waals surface area contributed by atoms with Crippen molar-refractivity contribution in [2.45, 2.75) is 11.8 Å². The minimum Gasteiger partial charge on any atom is -0.495 e. The summed E-state index contributed by atoms with van der Waals surface area (Å²) in [5, 5.41) is 2.54. The quantitative estimate of drug-likeness (QED) is 0.883. The average Bonchev–Trinajstić information content (AvgIpc) is 2.57. The Hall–Kier alpha value is -2.45. The fourth-order valence-corrected chi connectivity index (χ4v) is 3.17. The Morgan fingerprint density at radius 1 is 1.16 bits per heavy atom. The van der Waals surface area contributed by atoms with E-state index < -0.39 is 21.7 Å². The van der Waals surface area contributed by atoms with Crippen LogP contribution in [0.3, 0.4) is 0 Å². The number of methoxy groups -OCH3 is 1. The largest absolute Gasteiger partial charge is 0.495 e. The van der Waals surface area contributed by atoms with Gasteiger partial charge in [0.25, 0.3) is 5.91 Å². The molecule has 2 rings (SSSR count). The number of nitrogens with zero attached hydrogens (tertiary/aromatic N) is 1. The second kappa shape index (κ2) is 7.20. The maximum absolute atomic E-state index is 13.6. The van der Waals surface area contributed by atoms with Crippen LogP contribution in [-0.2, 0) is 10.0 Å². The fourth-order valence-electron chi connectivity index (χ4n) is 2.09. The van der Waals surface area contributed by atoms with Gasteiger partial charge in [0.05, 0.1) is 7.11 Å². The Labute approximate surface area is 146 Å². The van der Waals surface area contributed by atoms with Crippen molar-refractivity contribution in [2.75, 3.05) is 26.5 Å². The smallest absolute Gasteiger partial charge is 0.255 e. The Morgan fingerprint density at radius 2 is 1.84 bits per heavy atom. The molecule has 1 amide bonds. The van der Waals surface area contributed by atoms with E-state index in [1.807, 2.05) is 0 Å². The van der Waals surface area contributed by atoms with Gasteiger partial charge in [-0.15, -0.1) is 0 Å². The zero-order chi connectivity index (χ0) is 18.8. The van der Waals surface area contributed by atoms with Crippen LogP contribution in [0.4, 0.5) is 10.1 Å². The van der Waals surface area contributed by atoms with Gasteiger partial charge in [-0.2, -0.15) is 0 Å². The van der Waals surface area contributed by atoms with Crippen LogP contribution in [0.2, 0.25) is 0 Å². The van der Waals surface area contributed by atoms with Crippen LogP contribution in [0.15, 0.2) is 41.3 Å². The van der Waals surface area contributed by atoms with Crippen LogP contribution < -0.4 is 10.1 Å². The van der Waals surface area contributed by atoms with Gasteiger partial charge in [0.15, 0.2) is 0 Å². The van der Waals surface area contributed by atoms with E-state index in [0.717, 1.165) is 4.31 Å². The zero-order valence-electron chi connectivity index (χ0n) is 14.3. The summed E-state index contributed by atoms with van der Waals surface area (Å²) in [6.45, 7) is 1.61. The number of anilines is 1. The lowest BCUT2D eigenvalue weighted by Gasteiger charge is -2.15. The zero-order valence-corrected chi connectivity index (χ0v) is 15.1. The SMILES string of the molecule is COc1ccc(C(=O)Nc2ccc(C)c(F)c2)cc1S(=O)(=O)N(C)C. The van der Waals surface area contributed by atoms with Crippen LogP contribution in [-0.4, -0.2) is 39.8 Å². The third-order valence-electron chi connectivity index (χ3n) is 3.61. The van der Waals surface area contributed by atoms with Crippen molar-refractivity contribution >= 4 is 21.6 Å². The molecule has 0 saturated carbocycles. The molecule has 25 heavy (non-hydrogen) atoms. The van der Waals surface area contributed by atoms with E-state index in [1.54, 1.807) is 19.1 Å². The molecule has 0 aliphatic heterocycles. The molecule has 0 radical (unpaired) electrons. The number of hydrogen-bond donors (Lipinski definition) is 1. The minimum absolute atomic E-state index is 0.113. The third-order valence-corrected chi connectivity index (χ3v) is 5.45. The fraction of sp³-hybridized carbons (Fsp3) is 0.235. The molecule has 2 aromatic rings. The molecule has 1 N–H and O–H groups in total. The molecule has 2 aromatic carbocycles. The number of halogens is 1. The van der Waals surface area contributed by atoms with Gasteiger partial charge < -0.3 is 10.1 Å². The molecule has 0 heterocycles.